The minimum absolute atomic E-state index is 0.219. The Morgan fingerprint density at radius 2 is 1.93 bits per heavy atom. The molecule has 1 amide bonds. The van der Waals surface area contributed by atoms with Crippen LogP contribution in [0.3, 0.4) is 0 Å². The Kier molecular flexibility index (Phi) is 5.63. The summed E-state index contributed by atoms with van der Waals surface area (Å²) in [7, 11) is 0. The van der Waals surface area contributed by atoms with Crippen LogP contribution < -0.4 is 5.43 Å². The van der Waals surface area contributed by atoms with Gasteiger partial charge in [-0.3, -0.25) is 9.48 Å². The van der Waals surface area contributed by atoms with Gasteiger partial charge < -0.3 is 0 Å². The molecule has 0 aliphatic rings. The zero-order valence-electron chi connectivity index (χ0n) is 15.9. The van der Waals surface area contributed by atoms with Gasteiger partial charge in [-0.15, -0.1) is 11.3 Å². The van der Waals surface area contributed by atoms with Crippen LogP contribution in [0.25, 0.3) is 11.1 Å². The molecule has 144 valence electrons. The molecule has 2 aromatic heterocycles. The molecule has 2 heterocycles. The first-order valence-electron chi connectivity index (χ1n) is 9.23. The van der Waals surface area contributed by atoms with Gasteiger partial charge in [0, 0.05) is 17.3 Å². The van der Waals surface area contributed by atoms with Crippen molar-refractivity contribution in [3.05, 3.63) is 100 Å². The molecule has 0 aliphatic heterocycles. The molecule has 5 nitrogen and oxygen atoms in total. The lowest BCUT2D eigenvalue weighted by Gasteiger charge is -2.03. The first-order valence-corrected chi connectivity index (χ1v) is 10.1. The Morgan fingerprint density at radius 3 is 2.72 bits per heavy atom. The number of hydrogen-bond donors (Lipinski definition) is 1. The number of aromatic nitrogens is 2. The number of thiophene rings is 1. The van der Waals surface area contributed by atoms with E-state index in [0.717, 1.165) is 16.7 Å². The molecule has 0 unspecified atom stereocenters. The SMILES string of the molecule is Cc1ccc(-c2ccsc2C(=O)N/N=C\c2cnn(Cc3ccccc3)c2)cc1. The highest BCUT2D eigenvalue weighted by Crippen LogP contribution is 2.28. The molecule has 0 aliphatic carbocycles. The smallest absolute Gasteiger partial charge is 0.268 e. The van der Waals surface area contributed by atoms with E-state index in [1.807, 2.05) is 71.7 Å². The van der Waals surface area contributed by atoms with Crippen LogP contribution in [0.15, 0.2) is 83.5 Å². The van der Waals surface area contributed by atoms with Crippen LogP contribution >= 0.6 is 11.3 Å². The summed E-state index contributed by atoms with van der Waals surface area (Å²) in [4.78, 5) is 13.2. The van der Waals surface area contributed by atoms with Gasteiger partial charge in [0.2, 0.25) is 0 Å². The second-order valence-corrected chi connectivity index (χ2v) is 7.60. The topological polar surface area (TPSA) is 59.3 Å². The van der Waals surface area contributed by atoms with E-state index in [-0.39, 0.29) is 5.91 Å². The minimum Gasteiger partial charge on any atom is -0.268 e. The first kappa shape index (κ1) is 18.8. The molecule has 2 aromatic carbocycles. The molecule has 6 heteroatoms. The molecule has 0 spiro atoms. The Bertz CT molecular complexity index is 1130. The van der Waals surface area contributed by atoms with Crippen molar-refractivity contribution in [3.8, 4) is 11.1 Å². The van der Waals surface area contributed by atoms with Crippen molar-refractivity contribution in [1.29, 1.82) is 0 Å². The molecule has 4 rings (SSSR count). The molecule has 0 radical (unpaired) electrons. The number of hydrazone groups is 1. The van der Waals surface area contributed by atoms with Crippen LogP contribution in [-0.2, 0) is 6.54 Å². The maximum absolute atomic E-state index is 12.6. The van der Waals surface area contributed by atoms with Crippen molar-refractivity contribution >= 4 is 23.5 Å². The van der Waals surface area contributed by atoms with Crippen molar-refractivity contribution in [2.24, 2.45) is 5.10 Å². The fourth-order valence-corrected chi connectivity index (χ4v) is 3.77. The van der Waals surface area contributed by atoms with Gasteiger partial charge in [-0.2, -0.15) is 10.2 Å². The molecular formula is C23H20N4OS. The van der Waals surface area contributed by atoms with Crippen LogP contribution in [0.2, 0.25) is 0 Å². The summed E-state index contributed by atoms with van der Waals surface area (Å²) < 4.78 is 1.84. The van der Waals surface area contributed by atoms with Crippen LogP contribution in [-0.4, -0.2) is 21.9 Å². The van der Waals surface area contributed by atoms with E-state index in [0.29, 0.717) is 11.4 Å². The quantitative estimate of drug-likeness (QED) is 0.376. The molecule has 0 bridgehead atoms. The number of carbonyl (C=O) groups is 1. The Balaban J connectivity index is 1.40. The van der Waals surface area contributed by atoms with E-state index in [2.05, 4.69) is 27.8 Å². The lowest BCUT2D eigenvalue weighted by molar-refractivity contribution is 0.0960. The highest BCUT2D eigenvalue weighted by Gasteiger charge is 2.14. The molecule has 29 heavy (non-hydrogen) atoms. The van der Waals surface area contributed by atoms with Gasteiger partial charge in [0.05, 0.1) is 19.0 Å². The maximum atomic E-state index is 12.6. The summed E-state index contributed by atoms with van der Waals surface area (Å²) >= 11 is 1.41. The van der Waals surface area contributed by atoms with E-state index >= 15 is 0 Å². The predicted octanol–water partition coefficient (Wildman–Crippen LogP) is 4.73. The number of hydrogen-bond acceptors (Lipinski definition) is 4. The molecule has 0 atom stereocenters. The van der Waals surface area contributed by atoms with Crippen LogP contribution in [0.5, 0.6) is 0 Å². The summed E-state index contributed by atoms with van der Waals surface area (Å²) in [5, 5.41) is 10.3. The molecular weight excluding hydrogens is 380 g/mol. The maximum Gasteiger partial charge on any atom is 0.282 e. The highest BCUT2D eigenvalue weighted by molar-refractivity contribution is 7.12. The van der Waals surface area contributed by atoms with Crippen molar-refractivity contribution < 1.29 is 4.79 Å². The largest absolute Gasteiger partial charge is 0.282 e. The first-order chi connectivity index (χ1) is 14.2. The number of aryl methyl sites for hydroxylation is 1. The number of rotatable bonds is 6. The summed E-state index contributed by atoms with van der Waals surface area (Å²) in [6.07, 6.45) is 5.22. The number of nitrogens with zero attached hydrogens (tertiary/aromatic N) is 3. The van der Waals surface area contributed by atoms with Gasteiger partial charge in [-0.05, 0) is 29.5 Å². The van der Waals surface area contributed by atoms with Crippen LogP contribution in [0.1, 0.15) is 26.4 Å². The van der Waals surface area contributed by atoms with E-state index in [9.17, 15) is 4.79 Å². The molecule has 1 N–H and O–H groups in total. The molecule has 0 fully saturated rings. The van der Waals surface area contributed by atoms with E-state index < -0.39 is 0 Å². The average molecular weight is 401 g/mol. The van der Waals surface area contributed by atoms with E-state index in [1.54, 1.807) is 12.4 Å². The summed E-state index contributed by atoms with van der Waals surface area (Å²) in [5.74, 6) is -0.219. The van der Waals surface area contributed by atoms with Crippen molar-refractivity contribution in [1.82, 2.24) is 15.2 Å². The third-order valence-corrected chi connectivity index (χ3v) is 5.37. The van der Waals surface area contributed by atoms with Crippen molar-refractivity contribution in [2.75, 3.05) is 0 Å². The van der Waals surface area contributed by atoms with E-state index in [4.69, 9.17) is 0 Å². The fraction of sp³-hybridized carbons (Fsp3) is 0.0870. The summed E-state index contributed by atoms with van der Waals surface area (Å²) in [6, 6.07) is 20.2. The van der Waals surface area contributed by atoms with Gasteiger partial charge in [0.15, 0.2) is 0 Å². The Morgan fingerprint density at radius 1 is 1.14 bits per heavy atom. The number of carbonyl (C=O) groups excluding carboxylic acids is 1. The lowest BCUT2D eigenvalue weighted by atomic mass is 10.1. The summed E-state index contributed by atoms with van der Waals surface area (Å²) in [6.45, 7) is 2.73. The van der Waals surface area contributed by atoms with Gasteiger partial charge in [-0.25, -0.2) is 5.43 Å². The summed E-state index contributed by atoms with van der Waals surface area (Å²) in [5.41, 5.74) is 7.74. The van der Waals surface area contributed by atoms with E-state index in [1.165, 1.54) is 22.5 Å². The normalized spacial score (nSPS) is 11.1. The molecule has 4 aromatic rings. The molecule has 0 saturated carbocycles. The number of amides is 1. The van der Waals surface area contributed by atoms with Crippen LogP contribution in [0.4, 0.5) is 0 Å². The van der Waals surface area contributed by atoms with Crippen molar-refractivity contribution in [2.45, 2.75) is 13.5 Å². The molecule has 0 saturated heterocycles. The average Bonchev–Trinajstić information content (AvgIpc) is 3.39. The van der Waals surface area contributed by atoms with Crippen LogP contribution in [0, 0.1) is 6.92 Å². The lowest BCUT2D eigenvalue weighted by Crippen LogP contribution is -2.17. The third kappa shape index (κ3) is 4.67. The Hall–Kier alpha value is -3.51. The predicted molar refractivity (Wildman–Crippen MR) is 117 cm³/mol. The second kappa shape index (κ2) is 8.67. The van der Waals surface area contributed by atoms with Gasteiger partial charge in [-0.1, -0.05) is 60.2 Å². The fourth-order valence-electron chi connectivity index (χ4n) is 2.96. The monoisotopic (exact) mass is 400 g/mol. The number of nitrogens with one attached hydrogen (secondary N) is 1. The number of benzene rings is 2. The Labute approximate surface area is 173 Å². The van der Waals surface area contributed by atoms with Gasteiger partial charge in [0.1, 0.15) is 4.88 Å². The van der Waals surface area contributed by atoms with Gasteiger partial charge >= 0.3 is 0 Å². The standard InChI is InChI=1S/C23H20N4OS/c1-17-7-9-20(10-8-17)21-11-12-29-22(21)23(28)26-24-13-19-14-25-27(16-19)15-18-5-3-2-4-6-18/h2-14,16H,15H2,1H3,(H,26,28)/b24-13-. The minimum atomic E-state index is -0.219. The van der Waals surface area contributed by atoms with Gasteiger partial charge in [0.25, 0.3) is 5.91 Å². The third-order valence-electron chi connectivity index (χ3n) is 4.45. The highest BCUT2D eigenvalue weighted by atomic mass is 32.1. The zero-order valence-corrected chi connectivity index (χ0v) is 16.8. The second-order valence-electron chi connectivity index (χ2n) is 6.69. The van der Waals surface area contributed by atoms with Crippen molar-refractivity contribution in [3.63, 3.8) is 0 Å². The zero-order chi connectivity index (χ0) is 20.1.